The fourth-order valence-electron chi connectivity index (χ4n) is 0.716. The molecular formula is C8H10O. The topological polar surface area (TPSA) is 20.2 Å². The molecule has 1 aromatic rings. The highest BCUT2D eigenvalue weighted by atomic mass is 16.3. The average Bonchev–Trinajstić information content (AvgIpc) is 2.13. The summed E-state index contributed by atoms with van der Waals surface area (Å²) in [4.78, 5) is 0. The molecule has 48 valence electrons. The lowest BCUT2D eigenvalue weighted by atomic mass is 10.1. The predicted octanol–water partition coefficient (Wildman–Crippen LogP) is 2.01. The van der Waals surface area contributed by atoms with Gasteiger partial charge in [-0.1, -0.05) is 6.04 Å². The van der Waals surface area contributed by atoms with Crippen molar-refractivity contribution in [2.24, 2.45) is 0 Å². The van der Waals surface area contributed by atoms with Crippen molar-refractivity contribution in [3.63, 3.8) is 0 Å². The molecule has 0 spiro atoms. The van der Waals surface area contributed by atoms with Gasteiger partial charge in [0.1, 0.15) is 5.75 Å². The van der Waals surface area contributed by atoms with Gasteiger partial charge < -0.3 is 5.11 Å². The Kier molecular flexibility index (Phi) is 0.637. The Bertz CT molecular complexity index is 319. The van der Waals surface area contributed by atoms with Gasteiger partial charge in [0.15, 0.2) is 0 Å². The molecule has 0 heterocycles. The lowest BCUT2D eigenvalue weighted by Crippen LogP contribution is -1.74. The van der Waals surface area contributed by atoms with E-state index < -0.39 is 0 Å². The lowest BCUT2D eigenvalue weighted by Gasteiger charge is -1.95. The van der Waals surface area contributed by atoms with Crippen molar-refractivity contribution in [2.75, 3.05) is 0 Å². The molecule has 1 nitrogen and oxygen atoms in total. The minimum Gasteiger partial charge on any atom is -0.508 e. The lowest BCUT2D eigenvalue weighted by molar-refractivity contribution is 0.474. The Morgan fingerprint density at radius 2 is 1.89 bits per heavy atom. The number of hydrogen-bond donors (Lipinski definition) is 1. The van der Waals surface area contributed by atoms with Gasteiger partial charge in [0, 0.05) is 0 Å². The Morgan fingerprint density at radius 3 is 2.33 bits per heavy atom. The molecule has 0 amide bonds. The smallest absolute Gasteiger partial charge is 0.293 e. The number of aromatic hydroxyl groups is 1. The third-order valence-electron chi connectivity index (χ3n) is 0.977. The van der Waals surface area contributed by atoms with Crippen LogP contribution in [0, 0.1) is 13.8 Å². The van der Waals surface area contributed by atoms with Gasteiger partial charge in [0.05, 0.1) is 4.11 Å². The van der Waals surface area contributed by atoms with Gasteiger partial charge in [-0.2, -0.15) is 0 Å². The van der Waals surface area contributed by atoms with Crippen LogP contribution in [0.5, 0.6) is 5.75 Å². The average molecular weight is 126 g/mol. The van der Waals surface area contributed by atoms with Gasteiger partial charge in [-0.3, -0.25) is 0 Å². The van der Waals surface area contributed by atoms with E-state index in [0.29, 0.717) is 11.1 Å². The van der Waals surface area contributed by atoms with Crippen molar-refractivity contribution in [1.82, 2.24) is 0 Å². The third-order valence-corrected chi connectivity index (χ3v) is 0.977. The zero-order valence-electron chi connectivity index (χ0n) is 9.41. The van der Waals surface area contributed by atoms with E-state index in [4.69, 9.17) is 5.54 Å². The van der Waals surface area contributed by atoms with E-state index in [9.17, 15) is 0 Å². The standard InChI is InChI=1S/C8H10O/c1-6-3-7(2)5-8(9)4-6/h3-5,9H,1-2H3/i3D,4D,5D/hD. The summed E-state index contributed by atoms with van der Waals surface area (Å²) in [5.74, 6) is -0.0778. The van der Waals surface area contributed by atoms with Crippen molar-refractivity contribution in [1.29, 1.82) is 1.43 Å². The summed E-state index contributed by atoms with van der Waals surface area (Å²) in [7, 11) is 0. The van der Waals surface area contributed by atoms with Crippen LogP contribution >= 0.6 is 0 Å². The van der Waals surface area contributed by atoms with Crippen molar-refractivity contribution in [2.45, 2.75) is 13.8 Å². The first-order valence-corrected chi connectivity index (χ1v) is 2.70. The molecule has 0 aliphatic heterocycles. The molecule has 0 saturated heterocycles. The van der Waals surface area contributed by atoms with E-state index in [0.717, 1.165) is 0 Å². The second kappa shape index (κ2) is 2.09. The van der Waals surface area contributed by atoms with Crippen LogP contribution in [0.2, 0.25) is 0 Å². The van der Waals surface area contributed by atoms with E-state index >= 15 is 0 Å². The van der Waals surface area contributed by atoms with Gasteiger partial charge in [-0.25, -0.2) is 0 Å². The van der Waals surface area contributed by atoms with Crippen LogP contribution in [0.1, 0.15) is 15.2 Å². The molecule has 0 bridgehead atoms. The second-order valence-corrected chi connectivity index (χ2v) is 1.95. The summed E-state index contributed by atoms with van der Waals surface area (Å²) in [6.45, 7) is 3.22. The first kappa shape index (κ1) is 2.74. The molecule has 0 aliphatic rings. The summed E-state index contributed by atoms with van der Waals surface area (Å²) >= 11 is 0. The van der Waals surface area contributed by atoms with E-state index in [2.05, 4.69) is 5.11 Å². The maximum Gasteiger partial charge on any atom is 0.293 e. The molecular weight excluding hydrogens is 112 g/mol. The van der Waals surface area contributed by atoms with E-state index in [1.807, 2.05) is 0 Å². The van der Waals surface area contributed by atoms with Crippen molar-refractivity contribution in [3.05, 3.63) is 29.3 Å². The van der Waals surface area contributed by atoms with Crippen LogP contribution in [0.3, 0.4) is 0 Å². The number of phenols is 1. The monoisotopic (exact) mass is 126 g/mol. The van der Waals surface area contributed by atoms with Crippen LogP contribution in [0.4, 0.5) is 0 Å². The van der Waals surface area contributed by atoms with Crippen molar-refractivity contribution < 1.29 is 9.22 Å². The minimum atomic E-state index is -0.0778. The second-order valence-electron chi connectivity index (χ2n) is 1.95. The van der Waals surface area contributed by atoms with Crippen LogP contribution < -0.4 is 0 Å². The van der Waals surface area contributed by atoms with Crippen LogP contribution in [0.25, 0.3) is 0 Å². The van der Waals surface area contributed by atoms with Gasteiger partial charge >= 0.3 is 0 Å². The molecule has 0 unspecified atom stereocenters. The van der Waals surface area contributed by atoms with E-state index in [-0.39, 0.29) is 23.9 Å². The molecule has 0 fully saturated rings. The predicted molar refractivity (Wildman–Crippen MR) is 37.6 cm³/mol. The molecule has 0 aromatic heterocycles. The summed E-state index contributed by atoms with van der Waals surface area (Å²) in [6.07, 6.45) is 0. The van der Waals surface area contributed by atoms with Crippen LogP contribution in [-0.2, 0) is 0 Å². The number of hydrogen-bond acceptors (Lipinski definition) is 1. The first-order chi connectivity index (χ1) is 6.00. The molecule has 1 heteroatoms. The molecule has 1 N–H and O–H groups in total. The molecule has 1 aromatic carbocycles. The molecule has 0 saturated carbocycles. The summed E-state index contributed by atoms with van der Waals surface area (Å²) in [5, 5.41) is 4.18. The fraction of sp³-hybridized carbons (Fsp3) is 0.250. The van der Waals surface area contributed by atoms with Crippen LogP contribution in [-0.4, -0.2) is 6.54 Å². The zero-order chi connectivity index (χ0) is 10.2. The molecule has 9 heavy (non-hydrogen) atoms. The molecule has 1 rings (SSSR count). The van der Waals surface area contributed by atoms with Crippen molar-refractivity contribution in [3.8, 4) is 5.75 Å². The van der Waals surface area contributed by atoms with E-state index in [1.165, 1.54) is 0 Å². The number of benzene rings is 1. The Balaban J connectivity index is 3.56. The normalized spacial score (nSPS) is 15.3. The maximum atomic E-state index is 7.54. The largest absolute Gasteiger partial charge is 0.508 e. The highest BCUT2D eigenvalue weighted by molar-refractivity contribution is 5.31. The SMILES string of the molecule is [2H]Oc1c([2H])c(C)c([2H])c(C)c1[2H]. The Hall–Kier alpha value is -0.980. The first-order valence-electron chi connectivity index (χ1n) is 4.61. The van der Waals surface area contributed by atoms with Crippen molar-refractivity contribution >= 4 is 0 Å². The minimum absolute atomic E-state index is 0.0457. The Morgan fingerprint density at radius 1 is 1.33 bits per heavy atom. The maximum absolute atomic E-state index is 7.54. The molecule has 0 aliphatic carbocycles. The van der Waals surface area contributed by atoms with Gasteiger partial charge in [0.25, 0.3) is 1.43 Å². The summed E-state index contributed by atoms with van der Waals surface area (Å²) in [6, 6.07) is 0.0852. The highest BCUT2D eigenvalue weighted by Gasteiger charge is 1.89. The fourth-order valence-corrected chi connectivity index (χ4v) is 0.716. The quantitative estimate of drug-likeness (QED) is 0.610. The zero-order valence-corrected chi connectivity index (χ0v) is 5.41. The molecule has 0 atom stereocenters. The summed E-state index contributed by atoms with van der Waals surface area (Å²) in [5.41, 5.74) is 0.881. The third kappa shape index (κ3) is 1.46. The van der Waals surface area contributed by atoms with Gasteiger partial charge in [-0.05, 0) is 37.1 Å². The summed E-state index contributed by atoms with van der Waals surface area (Å²) < 4.78 is 29.2. The number of rotatable bonds is 1. The van der Waals surface area contributed by atoms with E-state index in [1.54, 1.807) is 13.8 Å². The van der Waals surface area contributed by atoms with Gasteiger partial charge in [0.2, 0.25) is 0 Å². The highest BCUT2D eigenvalue weighted by Crippen LogP contribution is 2.13. The van der Waals surface area contributed by atoms with Gasteiger partial charge in [-0.15, -0.1) is 0 Å². The molecule has 0 radical (unpaired) electrons. The van der Waals surface area contributed by atoms with Crippen LogP contribution in [0.15, 0.2) is 18.1 Å². The Labute approximate surface area is 60.7 Å². The number of phenolic OH excluding ortho intramolecular Hbond substituents is 1.